The number of esters is 1. The standard InChI is InChI=1S/C23H30N6O5/c1-4-34-22(30)14-29-21(25-26-27-29)13-28(17-7-5-6-8-17)12-16-9-15-10-19(32-2)20(33-3)11-18(15)24-23(16)31/h9-11,17H,4-8,12-14H2,1-3H3,(H,24,31). The normalized spacial score (nSPS) is 14.1. The molecule has 0 saturated heterocycles. The van der Waals surface area contributed by atoms with E-state index in [9.17, 15) is 9.59 Å². The summed E-state index contributed by atoms with van der Waals surface area (Å²) < 4.78 is 17.3. The smallest absolute Gasteiger partial charge is 0.327 e. The number of methoxy groups -OCH3 is 2. The quantitative estimate of drug-likeness (QED) is 0.443. The minimum Gasteiger partial charge on any atom is -0.493 e. The summed E-state index contributed by atoms with van der Waals surface area (Å²) in [5.41, 5.74) is 1.15. The van der Waals surface area contributed by atoms with Gasteiger partial charge in [0, 0.05) is 29.6 Å². The predicted molar refractivity (Wildman–Crippen MR) is 124 cm³/mol. The van der Waals surface area contributed by atoms with Gasteiger partial charge in [-0.25, -0.2) is 4.68 Å². The van der Waals surface area contributed by atoms with Crippen molar-refractivity contribution in [2.24, 2.45) is 0 Å². The highest BCUT2D eigenvalue weighted by Gasteiger charge is 2.26. The van der Waals surface area contributed by atoms with Gasteiger partial charge in [0.05, 0.1) is 32.9 Å². The number of rotatable bonds is 10. The van der Waals surface area contributed by atoms with Gasteiger partial charge < -0.3 is 19.2 Å². The van der Waals surface area contributed by atoms with Crippen molar-refractivity contribution in [2.45, 2.75) is 58.3 Å². The number of aromatic amines is 1. The summed E-state index contributed by atoms with van der Waals surface area (Å²) >= 11 is 0. The van der Waals surface area contributed by atoms with Gasteiger partial charge in [0.25, 0.3) is 5.56 Å². The lowest BCUT2D eigenvalue weighted by molar-refractivity contribution is -0.144. The lowest BCUT2D eigenvalue weighted by atomic mass is 10.1. The van der Waals surface area contributed by atoms with Crippen molar-refractivity contribution in [1.82, 2.24) is 30.1 Å². The van der Waals surface area contributed by atoms with Crippen LogP contribution in [0.3, 0.4) is 0 Å². The van der Waals surface area contributed by atoms with Crippen molar-refractivity contribution < 1.29 is 19.0 Å². The van der Waals surface area contributed by atoms with Gasteiger partial charge in [-0.1, -0.05) is 12.8 Å². The topological polar surface area (TPSA) is 124 Å². The summed E-state index contributed by atoms with van der Waals surface area (Å²) in [5, 5.41) is 12.7. The van der Waals surface area contributed by atoms with Crippen molar-refractivity contribution in [3.8, 4) is 11.5 Å². The molecule has 34 heavy (non-hydrogen) atoms. The molecule has 1 fully saturated rings. The Labute approximate surface area is 197 Å². The van der Waals surface area contributed by atoms with Crippen LogP contribution in [-0.2, 0) is 29.2 Å². The Bertz CT molecular complexity index is 1200. The number of aromatic nitrogens is 5. The monoisotopic (exact) mass is 470 g/mol. The van der Waals surface area contributed by atoms with Crippen molar-refractivity contribution in [3.05, 3.63) is 39.9 Å². The molecule has 4 rings (SSSR count). The third-order valence-corrected chi connectivity index (χ3v) is 6.17. The van der Waals surface area contributed by atoms with Crippen LogP contribution in [-0.4, -0.2) is 62.9 Å². The molecule has 0 spiro atoms. The van der Waals surface area contributed by atoms with Gasteiger partial charge in [-0.3, -0.25) is 14.5 Å². The van der Waals surface area contributed by atoms with Crippen LogP contribution in [0.1, 0.15) is 44.0 Å². The summed E-state index contributed by atoms with van der Waals surface area (Å²) in [5.74, 6) is 1.32. The first-order chi connectivity index (χ1) is 16.5. The van der Waals surface area contributed by atoms with Crippen LogP contribution in [0.25, 0.3) is 10.9 Å². The molecule has 1 aliphatic rings. The number of fused-ring (bicyclic) bond motifs is 1. The van der Waals surface area contributed by atoms with E-state index in [2.05, 4.69) is 25.4 Å². The molecule has 11 heteroatoms. The fourth-order valence-corrected chi connectivity index (χ4v) is 4.47. The van der Waals surface area contributed by atoms with E-state index in [-0.39, 0.29) is 18.1 Å². The molecular weight excluding hydrogens is 440 g/mol. The summed E-state index contributed by atoms with van der Waals surface area (Å²) in [6, 6.07) is 5.80. The van der Waals surface area contributed by atoms with Gasteiger partial charge in [-0.05, 0) is 42.3 Å². The van der Waals surface area contributed by atoms with Crippen molar-refractivity contribution in [2.75, 3.05) is 20.8 Å². The second-order valence-electron chi connectivity index (χ2n) is 8.32. The first-order valence-corrected chi connectivity index (χ1v) is 11.4. The average Bonchev–Trinajstić information content (AvgIpc) is 3.51. The molecule has 182 valence electrons. The van der Waals surface area contributed by atoms with Crippen molar-refractivity contribution in [3.63, 3.8) is 0 Å². The third kappa shape index (κ3) is 5.19. The minimum atomic E-state index is -0.390. The molecule has 11 nitrogen and oxygen atoms in total. The summed E-state index contributed by atoms with van der Waals surface area (Å²) in [6.45, 7) is 2.85. The SMILES string of the molecule is CCOC(=O)Cn1nnnc1CN(Cc1cc2cc(OC)c(OC)cc2[nH]c1=O)C1CCCC1. The number of H-pyrrole nitrogens is 1. The van der Waals surface area contributed by atoms with Gasteiger partial charge in [0.1, 0.15) is 6.54 Å². The Kier molecular flexibility index (Phi) is 7.41. The molecule has 1 aliphatic carbocycles. The van der Waals surface area contributed by atoms with Crippen LogP contribution in [0.5, 0.6) is 11.5 Å². The number of tetrazole rings is 1. The number of pyridine rings is 1. The van der Waals surface area contributed by atoms with E-state index < -0.39 is 0 Å². The maximum atomic E-state index is 13.0. The van der Waals surface area contributed by atoms with Crippen LogP contribution in [0.2, 0.25) is 0 Å². The number of ether oxygens (including phenoxy) is 3. The zero-order chi connectivity index (χ0) is 24.1. The molecule has 2 heterocycles. The maximum absolute atomic E-state index is 13.0. The van der Waals surface area contributed by atoms with E-state index in [1.165, 1.54) is 4.68 Å². The third-order valence-electron chi connectivity index (χ3n) is 6.17. The Morgan fingerprint density at radius 1 is 1.15 bits per heavy atom. The van der Waals surface area contributed by atoms with Crippen LogP contribution >= 0.6 is 0 Å². The fourth-order valence-electron chi connectivity index (χ4n) is 4.47. The Hall–Kier alpha value is -3.47. The number of carbonyl (C=O) groups excluding carboxylic acids is 1. The highest BCUT2D eigenvalue weighted by atomic mass is 16.5. The van der Waals surface area contributed by atoms with E-state index in [0.717, 1.165) is 31.1 Å². The van der Waals surface area contributed by atoms with E-state index in [4.69, 9.17) is 14.2 Å². The molecule has 2 aromatic heterocycles. The molecule has 0 aliphatic heterocycles. The first kappa shape index (κ1) is 23.7. The molecular formula is C23H30N6O5. The lowest BCUT2D eigenvalue weighted by Gasteiger charge is -2.28. The Balaban J connectivity index is 1.62. The molecule has 1 saturated carbocycles. The zero-order valence-electron chi connectivity index (χ0n) is 19.7. The summed E-state index contributed by atoms with van der Waals surface area (Å²) in [7, 11) is 3.14. The van der Waals surface area contributed by atoms with E-state index in [1.54, 1.807) is 27.2 Å². The highest BCUT2D eigenvalue weighted by Crippen LogP contribution is 2.31. The van der Waals surface area contributed by atoms with Gasteiger partial charge in [-0.15, -0.1) is 5.10 Å². The molecule has 1 aromatic carbocycles. The second kappa shape index (κ2) is 10.6. The first-order valence-electron chi connectivity index (χ1n) is 11.4. The van der Waals surface area contributed by atoms with Crippen LogP contribution < -0.4 is 15.0 Å². The molecule has 0 radical (unpaired) electrons. The molecule has 0 bridgehead atoms. The van der Waals surface area contributed by atoms with E-state index in [0.29, 0.717) is 54.1 Å². The molecule has 3 aromatic rings. The van der Waals surface area contributed by atoms with Gasteiger partial charge in [0.15, 0.2) is 17.3 Å². The van der Waals surface area contributed by atoms with Gasteiger partial charge in [-0.2, -0.15) is 0 Å². The predicted octanol–water partition coefficient (Wildman–Crippen LogP) is 2.04. The largest absolute Gasteiger partial charge is 0.493 e. The number of benzene rings is 1. The number of nitrogens with zero attached hydrogens (tertiary/aromatic N) is 5. The second-order valence-corrected chi connectivity index (χ2v) is 8.32. The molecule has 0 unspecified atom stereocenters. The minimum absolute atomic E-state index is 0.0487. The van der Waals surface area contributed by atoms with Crippen molar-refractivity contribution >= 4 is 16.9 Å². The van der Waals surface area contributed by atoms with E-state index >= 15 is 0 Å². The van der Waals surface area contributed by atoms with Gasteiger partial charge >= 0.3 is 5.97 Å². The molecule has 0 atom stereocenters. The molecule has 1 N–H and O–H groups in total. The van der Waals surface area contributed by atoms with Crippen LogP contribution in [0.15, 0.2) is 23.0 Å². The Morgan fingerprint density at radius 3 is 2.59 bits per heavy atom. The average molecular weight is 471 g/mol. The molecule has 0 amide bonds. The number of carbonyl (C=O) groups is 1. The lowest BCUT2D eigenvalue weighted by Crippen LogP contribution is -2.35. The zero-order valence-corrected chi connectivity index (χ0v) is 19.7. The van der Waals surface area contributed by atoms with E-state index in [1.807, 2.05) is 12.1 Å². The summed E-state index contributed by atoms with van der Waals surface area (Å²) in [4.78, 5) is 30.1. The summed E-state index contributed by atoms with van der Waals surface area (Å²) in [6.07, 6.45) is 4.35. The Morgan fingerprint density at radius 2 is 1.88 bits per heavy atom. The number of hydrogen-bond acceptors (Lipinski definition) is 9. The van der Waals surface area contributed by atoms with Crippen LogP contribution in [0, 0.1) is 0 Å². The van der Waals surface area contributed by atoms with Crippen LogP contribution in [0.4, 0.5) is 0 Å². The van der Waals surface area contributed by atoms with Gasteiger partial charge in [0.2, 0.25) is 0 Å². The fraction of sp³-hybridized carbons (Fsp3) is 0.522. The maximum Gasteiger partial charge on any atom is 0.327 e. The van der Waals surface area contributed by atoms with Crippen molar-refractivity contribution in [1.29, 1.82) is 0 Å². The number of nitrogens with one attached hydrogen (secondary N) is 1. The number of hydrogen-bond donors (Lipinski definition) is 1. The highest BCUT2D eigenvalue weighted by molar-refractivity contribution is 5.83.